The third-order valence-electron chi connectivity index (χ3n) is 5.42. The SMILES string of the molecule is Nc1cc(-c2cn(C(c3ccccc3)(c3ccccc3)c3ccccc3)cn2)[nH]n1. The number of hydrogen-bond acceptors (Lipinski definition) is 3. The minimum Gasteiger partial charge on any atom is -0.382 e. The molecule has 0 saturated carbocycles. The molecule has 0 atom stereocenters. The van der Waals surface area contributed by atoms with Crippen LogP contribution in [0, 0.1) is 0 Å². The first kappa shape index (κ1) is 17.9. The molecule has 0 bridgehead atoms. The van der Waals surface area contributed by atoms with Gasteiger partial charge < -0.3 is 10.3 Å². The second-order valence-electron chi connectivity index (χ2n) is 7.18. The number of aromatic nitrogens is 4. The van der Waals surface area contributed by atoms with Crippen LogP contribution in [0.25, 0.3) is 11.4 Å². The fourth-order valence-corrected chi connectivity index (χ4v) is 4.10. The lowest BCUT2D eigenvalue weighted by atomic mass is 9.77. The molecule has 5 aromatic rings. The Bertz CT molecular complexity index is 1140. The van der Waals surface area contributed by atoms with Crippen LogP contribution in [0.4, 0.5) is 5.82 Å². The van der Waals surface area contributed by atoms with E-state index in [4.69, 9.17) is 5.73 Å². The number of nitrogen functional groups attached to an aromatic ring is 1. The molecule has 30 heavy (non-hydrogen) atoms. The lowest BCUT2D eigenvalue weighted by Crippen LogP contribution is -2.36. The van der Waals surface area contributed by atoms with Crippen molar-refractivity contribution in [1.82, 2.24) is 19.7 Å². The Labute approximate surface area is 174 Å². The predicted molar refractivity (Wildman–Crippen MR) is 119 cm³/mol. The topological polar surface area (TPSA) is 72.5 Å². The Morgan fingerprint density at radius 1 is 0.733 bits per heavy atom. The van der Waals surface area contributed by atoms with E-state index < -0.39 is 5.54 Å². The smallest absolute Gasteiger partial charge is 0.145 e. The van der Waals surface area contributed by atoms with Gasteiger partial charge in [-0.05, 0) is 16.7 Å². The third-order valence-corrected chi connectivity index (χ3v) is 5.42. The summed E-state index contributed by atoms with van der Waals surface area (Å²) in [5.74, 6) is 0.444. The summed E-state index contributed by atoms with van der Waals surface area (Å²) in [5.41, 5.74) is 10.2. The molecule has 2 aromatic heterocycles. The van der Waals surface area contributed by atoms with Crippen molar-refractivity contribution in [2.24, 2.45) is 0 Å². The molecule has 0 amide bonds. The number of anilines is 1. The van der Waals surface area contributed by atoms with Gasteiger partial charge in [-0.2, -0.15) is 5.10 Å². The molecule has 0 aliphatic heterocycles. The van der Waals surface area contributed by atoms with E-state index >= 15 is 0 Å². The Morgan fingerprint density at radius 3 is 1.67 bits per heavy atom. The maximum Gasteiger partial charge on any atom is 0.145 e. The van der Waals surface area contributed by atoms with E-state index in [0.29, 0.717) is 5.82 Å². The first-order valence-corrected chi connectivity index (χ1v) is 9.81. The second-order valence-corrected chi connectivity index (χ2v) is 7.18. The van der Waals surface area contributed by atoms with Gasteiger partial charge in [0, 0.05) is 12.3 Å². The summed E-state index contributed by atoms with van der Waals surface area (Å²) in [6.07, 6.45) is 3.92. The van der Waals surface area contributed by atoms with Crippen molar-refractivity contribution in [3.05, 3.63) is 126 Å². The quantitative estimate of drug-likeness (QED) is 0.427. The molecule has 3 aromatic carbocycles. The van der Waals surface area contributed by atoms with E-state index in [0.717, 1.165) is 28.1 Å². The summed E-state index contributed by atoms with van der Waals surface area (Å²) in [5, 5.41) is 7.00. The number of rotatable bonds is 5. The van der Waals surface area contributed by atoms with Crippen molar-refractivity contribution in [2.45, 2.75) is 5.54 Å². The maximum absolute atomic E-state index is 5.80. The fraction of sp³-hybridized carbons (Fsp3) is 0.0400. The molecule has 0 aliphatic rings. The molecule has 0 radical (unpaired) electrons. The van der Waals surface area contributed by atoms with Gasteiger partial charge in [-0.15, -0.1) is 0 Å². The summed E-state index contributed by atoms with van der Waals surface area (Å²) >= 11 is 0. The number of imidazole rings is 1. The summed E-state index contributed by atoms with van der Waals surface area (Å²) in [6.45, 7) is 0. The zero-order valence-corrected chi connectivity index (χ0v) is 16.3. The largest absolute Gasteiger partial charge is 0.382 e. The van der Waals surface area contributed by atoms with Crippen LogP contribution in [0.2, 0.25) is 0 Å². The third kappa shape index (κ3) is 2.88. The van der Waals surface area contributed by atoms with Crippen LogP contribution in [0.5, 0.6) is 0 Å². The average molecular weight is 391 g/mol. The van der Waals surface area contributed by atoms with Crippen LogP contribution in [0.1, 0.15) is 16.7 Å². The Balaban J connectivity index is 1.82. The van der Waals surface area contributed by atoms with E-state index in [1.807, 2.05) is 30.7 Å². The molecular formula is C25H21N5. The fourth-order valence-electron chi connectivity index (χ4n) is 4.10. The monoisotopic (exact) mass is 391 g/mol. The number of hydrogen-bond donors (Lipinski definition) is 2. The van der Waals surface area contributed by atoms with Gasteiger partial charge in [0.1, 0.15) is 17.1 Å². The highest BCUT2D eigenvalue weighted by Gasteiger charge is 2.38. The predicted octanol–water partition coefficient (Wildman–Crippen LogP) is 4.70. The summed E-state index contributed by atoms with van der Waals surface area (Å²) in [6, 6.07) is 33.3. The van der Waals surface area contributed by atoms with Crippen molar-refractivity contribution in [3.63, 3.8) is 0 Å². The van der Waals surface area contributed by atoms with Gasteiger partial charge in [0.25, 0.3) is 0 Å². The van der Waals surface area contributed by atoms with Crippen LogP contribution in [-0.2, 0) is 5.54 Å². The van der Waals surface area contributed by atoms with Gasteiger partial charge >= 0.3 is 0 Å². The number of benzene rings is 3. The zero-order chi connectivity index (χ0) is 20.4. The number of H-pyrrole nitrogens is 1. The van der Waals surface area contributed by atoms with Gasteiger partial charge in [-0.25, -0.2) is 4.98 Å². The molecule has 0 aliphatic carbocycles. The Kier molecular flexibility index (Phi) is 4.41. The minimum absolute atomic E-state index is 0.444. The van der Waals surface area contributed by atoms with Crippen molar-refractivity contribution in [1.29, 1.82) is 0 Å². The molecule has 3 N–H and O–H groups in total. The highest BCUT2D eigenvalue weighted by atomic mass is 15.2. The minimum atomic E-state index is -0.583. The molecule has 146 valence electrons. The zero-order valence-electron chi connectivity index (χ0n) is 16.3. The van der Waals surface area contributed by atoms with Gasteiger partial charge in [-0.1, -0.05) is 91.0 Å². The molecule has 5 rings (SSSR count). The van der Waals surface area contributed by atoms with Crippen molar-refractivity contribution < 1.29 is 0 Å². The van der Waals surface area contributed by atoms with Crippen molar-refractivity contribution in [3.8, 4) is 11.4 Å². The summed E-state index contributed by atoms with van der Waals surface area (Å²) in [4.78, 5) is 4.68. The lowest BCUT2D eigenvalue weighted by molar-refractivity contribution is 0.515. The van der Waals surface area contributed by atoms with Crippen LogP contribution < -0.4 is 5.73 Å². The lowest BCUT2D eigenvalue weighted by Gasteiger charge is -2.37. The van der Waals surface area contributed by atoms with E-state index in [1.165, 1.54) is 0 Å². The summed E-state index contributed by atoms with van der Waals surface area (Å²) in [7, 11) is 0. The first-order valence-electron chi connectivity index (χ1n) is 9.81. The van der Waals surface area contributed by atoms with Crippen LogP contribution >= 0.6 is 0 Å². The molecule has 5 nitrogen and oxygen atoms in total. The van der Waals surface area contributed by atoms with Crippen molar-refractivity contribution in [2.75, 3.05) is 5.73 Å². The van der Waals surface area contributed by atoms with E-state index in [2.05, 4.69) is 92.5 Å². The highest BCUT2D eigenvalue weighted by Crippen LogP contribution is 2.41. The molecular weight excluding hydrogens is 370 g/mol. The van der Waals surface area contributed by atoms with E-state index in [-0.39, 0.29) is 0 Å². The number of nitrogens with zero attached hydrogens (tertiary/aromatic N) is 3. The van der Waals surface area contributed by atoms with E-state index in [9.17, 15) is 0 Å². The van der Waals surface area contributed by atoms with Gasteiger partial charge in [0.05, 0.1) is 12.0 Å². The normalized spacial score (nSPS) is 11.5. The second kappa shape index (κ2) is 7.37. The molecule has 0 fully saturated rings. The number of nitrogens with one attached hydrogen (secondary N) is 1. The van der Waals surface area contributed by atoms with Gasteiger partial charge in [0.15, 0.2) is 0 Å². The number of nitrogens with two attached hydrogens (primary N) is 1. The molecule has 0 spiro atoms. The molecule has 5 heteroatoms. The number of aromatic amines is 1. The Morgan fingerprint density at radius 2 is 1.23 bits per heavy atom. The van der Waals surface area contributed by atoms with Crippen LogP contribution in [0.3, 0.4) is 0 Å². The molecule has 2 heterocycles. The summed E-state index contributed by atoms with van der Waals surface area (Å²) < 4.78 is 2.17. The molecule has 0 unspecified atom stereocenters. The first-order chi connectivity index (χ1) is 14.8. The van der Waals surface area contributed by atoms with Gasteiger partial charge in [-0.3, -0.25) is 5.10 Å². The standard InChI is InChI=1S/C25H21N5/c26-24-16-22(28-29-24)23-17-30(18-27-23)25(19-10-4-1-5-11-19,20-12-6-2-7-13-20)21-14-8-3-9-15-21/h1-18H,(H3,26,28,29). The maximum atomic E-state index is 5.80. The van der Waals surface area contributed by atoms with Crippen molar-refractivity contribution >= 4 is 5.82 Å². The van der Waals surface area contributed by atoms with Crippen LogP contribution in [-0.4, -0.2) is 19.7 Å². The van der Waals surface area contributed by atoms with Gasteiger partial charge in [0.2, 0.25) is 0 Å². The molecule has 0 saturated heterocycles. The van der Waals surface area contributed by atoms with E-state index in [1.54, 1.807) is 6.07 Å². The Hall–Kier alpha value is -4.12. The average Bonchev–Trinajstić information content (AvgIpc) is 3.46. The van der Waals surface area contributed by atoms with Crippen LogP contribution in [0.15, 0.2) is 110 Å². The highest BCUT2D eigenvalue weighted by molar-refractivity contribution is 5.58.